The zero-order chi connectivity index (χ0) is 9.84. The molecule has 0 saturated carbocycles. The maximum Gasteiger partial charge on any atom is 0.331 e. The summed E-state index contributed by atoms with van der Waals surface area (Å²) in [7, 11) is 0. The summed E-state index contributed by atoms with van der Waals surface area (Å²) in [5, 5.41) is 8.53. The van der Waals surface area contributed by atoms with Crippen LogP contribution < -0.4 is 0 Å². The number of hydrogen-bond donors (Lipinski definition) is 1. The van der Waals surface area contributed by atoms with E-state index in [9.17, 15) is 9.59 Å². The second kappa shape index (κ2) is 3.71. The van der Waals surface area contributed by atoms with Crippen LogP contribution in [0.2, 0.25) is 0 Å². The lowest BCUT2D eigenvalue weighted by Gasteiger charge is -1.89. The predicted octanol–water partition coefficient (Wildman–Crippen LogP) is 1.58. The molecule has 0 bridgehead atoms. The fraction of sp³-hybridized carbons (Fsp3) is 0.111. The predicted molar refractivity (Wildman–Crippen MR) is 45.4 cm³/mol. The van der Waals surface area contributed by atoms with Crippen LogP contribution >= 0.6 is 0 Å². The first-order chi connectivity index (χ1) is 6.13. The van der Waals surface area contributed by atoms with Crippen molar-refractivity contribution in [2.45, 2.75) is 6.92 Å². The topological polar surface area (TPSA) is 67.5 Å². The highest BCUT2D eigenvalue weighted by Crippen LogP contribution is 2.10. The van der Waals surface area contributed by atoms with Crippen LogP contribution in [0.3, 0.4) is 0 Å². The largest absolute Gasteiger partial charge is 0.478 e. The molecule has 1 rings (SSSR count). The molecule has 0 aliphatic carbocycles. The van der Waals surface area contributed by atoms with Gasteiger partial charge in [0, 0.05) is 5.57 Å². The smallest absolute Gasteiger partial charge is 0.331 e. The van der Waals surface area contributed by atoms with Crippen LogP contribution in [0.4, 0.5) is 0 Å². The van der Waals surface area contributed by atoms with Crippen molar-refractivity contribution in [1.82, 2.24) is 0 Å². The van der Waals surface area contributed by atoms with Crippen LogP contribution in [0.1, 0.15) is 23.2 Å². The number of aldehydes is 1. The zero-order valence-corrected chi connectivity index (χ0v) is 6.98. The second-order valence-corrected chi connectivity index (χ2v) is 2.49. The number of aliphatic carboxylic acids is 1. The number of rotatable bonds is 3. The quantitative estimate of drug-likeness (QED) is 0.566. The van der Waals surface area contributed by atoms with Gasteiger partial charge in [0.25, 0.3) is 0 Å². The lowest BCUT2D eigenvalue weighted by molar-refractivity contribution is -0.132. The Morgan fingerprint density at radius 3 is 2.54 bits per heavy atom. The van der Waals surface area contributed by atoms with E-state index in [1.165, 1.54) is 25.1 Å². The van der Waals surface area contributed by atoms with E-state index in [0.717, 1.165) is 0 Å². The Morgan fingerprint density at radius 1 is 1.46 bits per heavy atom. The Balaban J connectivity index is 2.90. The third-order valence-corrected chi connectivity index (χ3v) is 1.46. The van der Waals surface area contributed by atoms with Gasteiger partial charge in [0.15, 0.2) is 12.0 Å². The third-order valence-electron chi connectivity index (χ3n) is 1.46. The molecule has 4 heteroatoms. The summed E-state index contributed by atoms with van der Waals surface area (Å²) in [6.45, 7) is 1.45. The molecule has 0 saturated heterocycles. The molecule has 0 amide bonds. The van der Waals surface area contributed by atoms with Crippen molar-refractivity contribution in [2.75, 3.05) is 0 Å². The van der Waals surface area contributed by atoms with Crippen LogP contribution in [0.15, 0.2) is 22.1 Å². The molecule has 0 atom stereocenters. The maximum absolute atomic E-state index is 10.4. The Kier molecular flexibility index (Phi) is 2.64. The molecule has 4 nitrogen and oxygen atoms in total. The number of carboxylic acids is 1. The molecule has 0 aliphatic rings. The SMILES string of the molecule is C/C(=C\c1ccc(C=O)o1)C(=O)O. The molecule has 1 N–H and O–H groups in total. The highest BCUT2D eigenvalue weighted by Gasteiger charge is 2.02. The average molecular weight is 180 g/mol. The fourth-order valence-electron chi connectivity index (χ4n) is 0.784. The first-order valence-corrected chi connectivity index (χ1v) is 3.60. The summed E-state index contributed by atoms with van der Waals surface area (Å²) in [4.78, 5) is 20.6. The monoisotopic (exact) mass is 180 g/mol. The first-order valence-electron chi connectivity index (χ1n) is 3.60. The molecule has 0 spiro atoms. The Bertz CT molecular complexity index is 359. The number of carbonyl (C=O) groups is 2. The van der Waals surface area contributed by atoms with Gasteiger partial charge in [-0.2, -0.15) is 0 Å². The van der Waals surface area contributed by atoms with Gasteiger partial charge in [0.2, 0.25) is 0 Å². The Morgan fingerprint density at radius 2 is 2.08 bits per heavy atom. The molecule has 1 aromatic rings. The van der Waals surface area contributed by atoms with Crippen molar-refractivity contribution >= 4 is 18.3 Å². The molecule has 1 aromatic heterocycles. The van der Waals surface area contributed by atoms with E-state index in [0.29, 0.717) is 12.0 Å². The van der Waals surface area contributed by atoms with E-state index >= 15 is 0 Å². The van der Waals surface area contributed by atoms with Gasteiger partial charge in [-0.3, -0.25) is 4.79 Å². The standard InChI is InChI=1S/C9H8O4/c1-6(9(11)12)4-7-2-3-8(5-10)13-7/h2-5H,1H3,(H,11,12)/b6-4+. The number of hydrogen-bond acceptors (Lipinski definition) is 3. The van der Waals surface area contributed by atoms with Crippen molar-refractivity contribution in [3.8, 4) is 0 Å². The van der Waals surface area contributed by atoms with Crippen LogP contribution in [-0.4, -0.2) is 17.4 Å². The summed E-state index contributed by atoms with van der Waals surface area (Å²) < 4.78 is 4.95. The van der Waals surface area contributed by atoms with Crippen molar-refractivity contribution in [3.05, 3.63) is 29.2 Å². The molecule has 13 heavy (non-hydrogen) atoms. The normalized spacial score (nSPS) is 11.3. The molecular weight excluding hydrogens is 172 g/mol. The number of carbonyl (C=O) groups excluding carboxylic acids is 1. The summed E-state index contributed by atoms with van der Waals surface area (Å²) in [5.41, 5.74) is 0.159. The molecule has 1 heterocycles. The van der Waals surface area contributed by atoms with Gasteiger partial charge in [-0.15, -0.1) is 0 Å². The van der Waals surface area contributed by atoms with Crippen LogP contribution in [0.5, 0.6) is 0 Å². The van der Waals surface area contributed by atoms with E-state index in [4.69, 9.17) is 9.52 Å². The summed E-state index contributed by atoms with van der Waals surface area (Å²) in [5.74, 6) is -0.463. The third kappa shape index (κ3) is 2.30. The van der Waals surface area contributed by atoms with E-state index in [1.54, 1.807) is 0 Å². The number of carboxylic acid groups (broad SMARTS) is 1. The van der Waals surface area contributed by atoms with Crippen LogP contribution in [0, 0.1) is 0 Å². The van der Waals surface area contributed by atoms with Gasteiger partial charge in [0.1, 0.15) is 5.76 Å². The summed E-state index contributed by atoms with van der Waals surface area (Å²) in [6.07, 6.45) is 1.92. The van der Waals surface area contributed by atoms with Gasteiger partial charge < -0.3 is 9.52 Å². The fourth-order valence-corrected chi connectivity index (χ4v) is 0.784. The van der Waals surface area contributed by atoms with E-state index < -0.39 is 5.97 Å². The van der Waals surface area contributed by atoms with Crippen LogP contribution in [0.25, 0.3) is 6.08 Å². The van der Waals surface area contributed by atoms with E-state index in [-0.39, 0.29) is 11.3 Å². The van der Waals surface area contributed by atoms with Crippen molar-refractivity contribution < 1.29 is 19.1 Å². The summed E-state index contributed by atoms with van der Waals surface area (Å²) >= 11 is 0. The molecule has 0 radical (unpaired) electrons. The zero-order valence-electron chi connectivity index (χ0n) is 6.98. The molecule has 0 aromatic carbocycles. The molecule has 0 aliphatic heterocycles. The minimum absolute atomic E-state index is 0.159. The molecule has 68 valence electrons. The van der Waals surface area contributed by atoms with E-state index in [2.05, 4.69) is 0 Å². The minimum atomic E-state index is -1.01. The first kappa shape index (κ1) is 9.25. The van der Waals surface area contributed by atoms with Crippen molar-refractivity contribution in [1.29, 1.82) is 0 Å². The summed E-state index contributed by atoms with van der Waals surface area (Å²) in [6, 6.07) is 3.02. The van der Waals surface area contributed by atoms with E-state index in [1.807, 2.05) is 0 Å². The lowest BCUT2D eigenvalue weighted by atomic mass is 10.2. The van der Waals surface area contributed by atoms with Crippen LogP contribution in [-0.2, 0) is 4.79 Å². The Labute approximate surface area is 74.5 Å². The van der Waals surface area contributed by atoms with Gasteiger partial charge in [0.05, 0.1) is 0 Å². The second-order valence-electron chi connectivity index (χ2n) is 2.49. The molecule has 0 fully saturated rings. The Hall–Kier alpha value is -1.84. The van der Waals surface area contributed by atoms with Crippen molar-refractivity contribution in [2.24, 2.45) is 0 Å². The van der Waals surface area contributed by atoms with Gasteiger partial charge >= 0.3 is 5.97 Å². The van der Waals surface area contributed by atoms with Crippen molar-refractivity contribution in [3.63, 3.8) is 0 Å². The average Bonchev–Trinajstić information content (AvgIpc) is 2.52. The lowest BCUT2D eigenvalue weighted by Crippen LogP contribution is -1.94. The van der Waals surface area contributed by atoms with Gasteiger partial charge in [-0.05, 0) is 25.1 Å². The van der Waals surface area contributed by atoms with Gasteiger partial charge in [-0.1, -0.05) is 0 Å². The highest BCUT2D eigenvalue weighted by atomic mass is 16.4. The maximum atomic E-state index is 10.4. The minimum Gasteiger partial charge on any atom is -0.478 e. The molecular formula is C9H8O4. The number of furan rings is 1. The van der Waals surface area contributed by atoms with Gasteiger partial charge in [-0.25, -0.2) is 4.79 Å². The molecule has 0 unspecified atom stereocenters. The highest BCUT2D eigenvalue weighted by molar-refractivity contribution is 5.91.